The molecule has 0 aliphatic carbocycles. The second-order valence-electron chi connectivity index (χ2n) is 4.04. The lowest BCUT2D eigenvalue weighted by atomic mass is 10.1. The van der Waals surface area contributed by atoms with E-state index in [1.54, 1.807) is 6.33 Å². The SMILES string of the molecule is CCNC(C)(C#N)CSc1ncnc2nc[nH]c12. The highest BCUT2D eigenvalue weighted by atomic mass is 32.2. The average Bonchev–Trinajstić information content (AvgIpc) is 2.85. The Hall–Kier alpha value is -1.65. The Morgan fingerprint density at radius 1 is 1.50 bits per heavy atom. The van der Waals surface area contributed by atoms with Crippen LogP contribution in [0.25, 0.3) is 11.2 Å². The van der Waals surface area contributed by atoms with Gasteiger partial charge in [0.15, 0.2) is 5.65 Å². The van der Waals surface area contributed by atoms with Crippen molar-refractivity contribution >= 4 is 22.9 Å². The molecule has 18 heavy (non-hydrogen) atoms. The number of fused-ring (bicyclic) bond motifs is 1. The van der Waals surface area contributed by atoms with Gasteiger partial charge >= 0.3 is 0 Å². The first-order valence-corrected chi connectivity index (χ1v) is 6.60. The molecule has 1 atom stereocenters. The van der Waals surface area contributed by atoms with Gasteiger partial charge in [-0.15, -0.1) is 11.8 Å². The number of aromatic nitrogens is 4. The fourth-order valence-electron chi connectivity index (χ4n) is 1.58. The van der Waals surface area contributed by atoms with Crippen molar-refractivity contribution in [3.05, 3.63) is 12.7 Å². The number of nitrogens with zero attached hydrogens (tertiary/aromatic N) is 4. The van der Waals surface area contributed by atoms with Crippen molar-refractivity contribution < 1.29 is 0 Å². The Morgan fingerprint density at radius 3 is 3.06 bits per heavy atom. The van der Waals surface area contributed by atoms with Gasteiger partial charge in [-0.05, 0) is 13.5 Å². The summed E-state index contributed by atoms with van der Waals surface area (Å²) in [5.41, 5.74) is 0.908. The molecule has 0 aromatic carbocycles. The summed E-state index contributed by atoms with van der Waals surface area (Å²) < 4.78 is 0. The van der Waals surface area contributed by atoms with Crippen LogP contribution in [0.1, 0.15) is 13.8 Å². The summed E-state index contributed by atoms with van der Waals surface area (Å²) in [6.07, 6.45) is 3.08. The molecular weight excluding hydrogens is 248 g/mol. The first-order valence-electron chi connectivity index (χ1n) is 5.61. The van der Waals surface area contributed by atoms with Crippen LogP contribution in [-0.4, -0.2) is 37.8 Å². The highest BCUT2D eigenvalue weighted by molar-refractivity contribution is 7.99. The highest BCUT2D eigenvalue weighted by Gasteiger charge is 2.23. The van der Waals surface area contributed by atoms with Gasteiger partial charge in [0.2, 0.25) is 0 Å². The second kappa shape index (κ2) is 5.33. The maximum Gasteiger partial charge on any atom is 0.181 e. The molecule has 0 radical (unpaired) electrons. The van der Waals surface area contributed by atoms with Crippen LogP contribution in [0, 0.1) is 11.3 Å². The van der Waals surface area contributed by atoms with Crippen LogP contribution in [0.15, 0.2) is 17.7 Å². The topological polar surface area (TPSA) is 90.3 Å². The minimum Gasteiger partial charge on any atom is -0.341 e. The van der Waals surface area contributed by atoms with Crippen LogP contribution in [0.2, 0.25) is 0 Å². The molecule has 0 amide bonds. The third-order valence-corrected chi connectivity index (χ3v) is 3.80. The lowest BCUT2D eigenvalue weighted by Gasteiger charge is -2.21. The number of nitrogens with one attached hydrogen (secondary N) is 2. The van der Waals surface area contributed by atoms with Crippen LogP contribution in [0.4, 0.5) is 0 Å². The van der Waals surface area contributed by atoms with Gasteiger partial charge in [0.25, 0.3) is 0 Å². The van der Waals surface area contributed by atoms with Crippen molar-refractivity contribution in [1.29, 1.82) is 5.26 Å². The molecule has 2 heterocycles. The fraction of sp³-hybridized carbons (Fsp3) is 0.455. The average molecular weight is 262 g/mol. The van der Waals surface area contributed by atoms with E-state index < -0.39 is 5.54 Å². The lowest BCUT2D eigenvalue weighted by Crippen LogP contribution is -2.43. The zero-order chi connectivity index (χ0) is 13.0. The maximum atomic E-state index is 9.19. The molecule has 7 heteroatoms. The predicted octanol–water partition coefficient (Wildman–Crippen LogP) is 1.34. The van der Waals surface area contributed by atoms with E-state index in [9.17, 15) is 5.26 Å². The van der Waals surface area contributed by atoms with Gasteiger partial charge in [0.1, 0.15) is 22.4 Å². The number of nitriles is 1. The Balaban J connectivity index is 2.15. The monoisotopic (exact) mass is 262 g/mol. The molecule has 0 fully saturated rings. The van der Waals surface area contributed by atoms with Crippen molar-refractivity contribution in [2.75, 3.05) is 12.3 Å². The van der Waals surface area contributed by atoms with Crippen molar-refractivity contribution in [3.8, 4) is 6.07 Å². The Labute approximate surface area is 109 Å². The molecule has 0 bridgehead atoms. The summed E-state index contributed by atoms with van der Waals surface area (Å²) in [5.74, 6) is 0.614. The predicted molar refractivity (Wildman–Crippen MR) is 70.1 cm³/mol. The second-order valence-corrected chi connectivity index (χ2v) is 5.01. The van der Waals surface area contributed by atoms with E-state index >= 15 is 0 Å². The molecule has 2 N–H and O–H groups in total. The number of thioether (sulfide) groups is 1. The summed E-state index contributed by atoms with van der Waals surface area (Å²) in [5, 5.41) is 13.2. The van der Waals surface area contributed by atoms with Gasteiger partial charge in [-0.3, -0.25) is 5.32 Å². The van der Waals surface area contributed by atoms with Gasteiger partial charge in [-0.1, -0.05) is 6.92 Å². The molecule has 2 aromatic rings. The van der Waals surface area contributed by atoms with Crippen LogP contribution in [-0.2, 0) is 0 Å². The van der Waals surface area contributed by atoms with Crippen LogP contribution < -0.4 is 5.32 Å². The first-order chi connectivity index (χ1) is 8.68. The van der Waals surface area contributed by atoms with Crippen LogP contribution in [0.3, 0.4) is 0 Å². The Bertz CT molecular complexity index is 574. The quantitative estimate of drug-likeness (QED) is 0.624. The highest BCUT2D eigenvalue weighted by Crippen LogP contribution is 2.25. The largest absolute Gasteiger partial charge is 0.341 e. The molecule has 0 saturated heterocycles. The maximum absolute atomic E-state index is 9.19. The van der Waals surface area contributed by atoms with Crippen molar-refractivity contribution in [2.45, 2.75) is 24.4 Å². The zero-order valence-corrected chi connectivity index (χ0v) is 11.1. The smallest absolute Gasteiger partial charge is 0.181 e. The lowest BCUT2D eigenvalue weighted by molar-refractivity contribution is 0.511. The molecule has 0 saturated carbocycles. The summed E-state index contributed by atoms with van der Waals surface area (Å²) in [7, 11) is 0. The van der Waals surface area contributed by atoms with Gasteiger partial charge in [0.05, 0.1) is 12.4 Å². The molecular formula is C11H14N6S. The Kier molecular flexibility index (Phi) is 3.79. The minimum absolute atomic E-state index is 0.559. The van der Waals surface area contributed by atoms with E-state index in [2.05, 4.69) is 31.3 Å². The fourth-order valence-corrected chi connectivity index (χ4v) is 2.59. The molecule has 0 aliphatic rings. The molecule has 0 spiro atoms. The Morgan fingerprint density at radius 2 is 2.33 bits per heavy atom. The number of H-pyrrole nitrogens is 1. The standard InChI is InChI=1S/C11H14N6S/c1-3-17-11(2,4-12)5-18-10-8-9(14-6-13-8)15-7-16-10/h6-7,17H,3,5H2,1-2H3,(H,13,14,15,16). The van der Waals surface area contributed by atoms with Crippen LogP contribution in [0.5, 0.6) is 0 Å². The molecule has 2 aromatic heterocycles. The third-order valence-electron chi connectivity index (χ3n) is 2.50. The molecule has 1 unspecified atom stereocenters. The van der Waals surface area contributed by atoms with Crippen molar-refractivity contribution in [3.63, 3.8) is 0 Å². The summed E-state index contributed by atoms with van der Waals surface area (Å²) in [4.78, 5) is 15.4. The number of imidazole rings is 1. The summed E-state index contributed by atoms with van der Waals surface area (Å²) >= 11 is 1.52. The van der Waals surface area contributed by atoms with Crippen LogP contribution >= 0.6 is 11.8 Å². The molecule has 0 aliphatic heterocycles. The van der Waals surface area contributed by atoms with Crippen molar-refractivity contribution in [2.24, 2.45) is 0 Å². The van der Waals surface area contributed by atoms with E-state index in [0.29, 0.717) is 11.4 Å². The van der Waals surface area contributed by atoms with E-state index in [-0.39, 0.29) is 0 Å². The van der Waals surface area contributed by atoms with Gasteiger partial charge < -0.3 is 4.98 Å². The van der Waals surface area contributed by atoms with E-state index in [1.165, 1.54) is 18.1 Å². The van der Waals surface area contributed by atoms with E-state index in [4.69, 9.17) is 0 Å². The summed E-state index contributed by atoms with van der Waals surface area (Å²) in [6, 6.07) is 2.29. The van der Waals surface area contributed by atoms with E-state index in [0.717, 1.165) is 17.1 Å². The third kappa shape index (κ3) is 2.60. The zero-order valence-electron chi connectivity index (χ0n) is 10.3. The molecule has 6 nitrogen and oxygen atoms in total. The van der Waals surface area contributed by atoms with Gasteiger partial charge in [-0.25, -0.2) is 15.0 Å². The number of hydrogen-bond donors (Lipinski definition) is 2. The number of hydrogen-bond acceptors (Lipinski definition) is 6. The molecule has 2 rings (SSSR count). The van der Waals surface area contributed by atoms with Gasteiger partial charge in [-0.2, -0.15) is 5.26 Å². The summed E-state index contributed by atoms with van der Waals surface area (Å²) in [6.45, 7) is 4.63. The number of rotatable bonds is 5. The van der Waals surface area contributed by atoms with Crippen molar-refractivity contribution in [1.82, 2.24) is 25.3 Å². The van der Waals surface area contributed by atoms with Gasteiger partial charge in [0, 0.05) is 5.75 Å². The van der Waals surface area contributed by atoms with E-state index in [1.807, 2.05) is 13.8 Å². The normalized spacial score (nSPS) is 14.3. The first kappa shape index (κ1) is 12.8. The number of aromatic amines is 1. The minimum atomic E-state index is -0.559. The molecule has 94 valence electrons.